The zero-order chi connectivity index (χ0) is 14.4. The van der Waals surface area contributed by atoms with Crippen LogP contribution in [0.25, 0.3) is 0 Å². The summed E-state index contributed by atoms with van der Waals surface area (Å²) in [6.45, 7) is 5.54. The first-order valence-electron chi connectivity index (χ1n) is 7.36. The lowest BCUT2D eigenvalue weighted by Gasteiger charge is -2.21. The quantitative estimate of drug-likeness (QED) is 0.899. The molecule has 1 atom stereocenters. The Morgan fingerprint density at radius 3 is 2.95 bits per heavy atom. The van der Waals surface area contributed by atoms with E-state index >= 15 is 0 Å². The van der Waals surface area contributed by atoms with E-state index < -0.39 is 0 Å². The summed E-state index contributed by atoms with van der Waals surface area (Å²) in [5.41, 5.74) is 0. The molecule has 2 heterocycles. The Labute approximate surface area is 120 Å². The molecule has 1 N–H and O–H groups in total. The molecule has 5 heteroatoms. The number of nitrogens with one attached hydrogen (secondary N) is 1. The molecule has 0 spiro atoms. The first kappa shape index (κ1) is 14.6. The molecule has 1 saturated heterocycles. The SMILES string of the molecule is CCC(CC)NC(=O)N1CCC(Oc2ccccn2)C1. The third-order valence-corrected chi connectivity index (χ3v) is 3.67. The van der Waals surface area contributed by atoms with E-state index in [0.717, 1.165) is 25.8 Å². The van der Waals surface area contributed by atoms with E-state index in [1.54, 1.807) is 6.20 Å². The minimum atomic E-state index is 0.0193. The van der Waals surface area contributed by atoms with Crippen LogP contribution in [0.15, 0.2) is 24.4 Å². The summed E-state index contributed by atoms with van der Waals surface area (Å²) in [5.74, 6) is 0.625. The molecular weight excluding hydrogens is 254 g/mol. The molecule has 0 aliphatic carbocycles. The fraction of sp³-hybridized carbons (Fsp3) is 0.600. The van der Waals surface area contributed by atoms with Gasteiger partial charge in [0.05, 0.1) is 6.54 Å². The van der Waals surface area contributed by atoms with Gasteiger partial charge >= 0.3 is 6.03 Å². The summed E-state index contributed by atoms with van der Waals surface area (Å²) >= 11 is 0. The Kier molecular flexibility index (Phi) is 5.21. The fourth-order valence-corrected chi connectivity index (χ4v) is 2.36. The number of carbonyl (C=O) groups excluding carboxylic acids is 1. The molecule has 2 rings (SSSR count). The van der Waals surface area contributed by atoms with Crippen LogP contribution in [0.5, 0.6) is 5.88 Å². The molecule has 0 saturated carbocycles. The highest BCUT2D eigenvalue weighted by Gasteiger charge is 2.28. The van der Waals surface area contributed by atoms with Crippen molar-refractivity contribution in [2.24, 2.45) is 0 Å². The lowest BCUT2D eigenvalue weighted by molar-refractivity contribution is 0.180. The van der Waals surface area contributed by atoms with Crippen molar-refractivity contribution in [3.05, 3.63) is 24.4 Å². The van der Waals surface area contributed by atoms with Crippen LogP contribution < -0.4 is 10.1 Å². The first-order chi connectivity index (χ1) is 9.72. The van der Waals surface area contributed by atoms with Crippen LogP contribution in [0.1, 0.15) is 33.1 Å². The average Bonchev–Trinajstić information content (AvgIpc) is 2.94. The molecule has 20 heavy (non-hydrogen) atoms. The highest BCUT2D eigenvalue weighted by molar-refractivity contribution is 5.74. The highest BCUT2D eigenvalue weighted by Crippen LogP contribution is 2.16. The largest absolute Gasteiger partial charge is 0.472 e. The van der Waals surface area contributed by atoms with Crippen molar-refractivity contribution in [2.75, 3.05) is 13.1 Å². The molecule has 1 unspecified atom stereocenters. The van der Waals surface area contributed by atoms with Crippen LogP contribution in [0.2, 0.25) is 0 Å². The maximum Gasteiger partial charge on any atom is 0.317 e. The Bertz CT molecular complexity index is 420. The van der Waals surface area contributed by atoms with Crippen molar-refractivity contribution in [3.8, 4) is 5.88 Å². The van der Waals surface area contributed by atoms with Gasteiger partial charge in [-0.15, -0.1) is 0 Å². The number of rotatable bonds is 5. The Hall–Kier alpha value is -1.78. The van der Waals surface area contributed by atoms with Crippen LogP contribution in [0.4, 0.5) is 4.79 Å². The molecule has 5 nitrogen and oxygen atoms in total. The van der Waals surface area contributed by atoms with Gasteiger partial charge in [-0.2, -0.15) is 0 Å². The van der Waals surface area contributed by atoms with E-state index in [1.165, 1.54) is 0 Å². The summed E-state index contributed by atoms with van der Waals surface area (Å²) in [6.07, 6.45) is 4.53. The van der Waals surface area contributed by atoms with E-state index in [1.807, 2.05) is 23.1 Å². The second-order valence-corrected chi connectivity index (χ2v) is 5.11. The number of aromatic nitrogens is 1. The van der Waals surface area contributed by atoms with Crippen molar-refractivity contribution in [1.29, 1.82) is 0 Å². The fourth-order valence-electron chi connectivity index (χ4n) is 2.36. The van der Waals surface area contributed by atoms with Gasteiger partial charge in [-0.1, -0.05) is 19.9 Å². The Morgan fingerprint density at radius 2 is 2.30 bits per heavy atom. The number of nitrogens with zero attached hydrogens (tertiary/aromatic N) is 2. The maximum atomic E-state index is 12.1. The molecule has 1 fully saturated rings. The molecule has 1 aliphatic heterocycles. The van der Waals surface area contributed by atoms with E-state index in [-0.39, 0.29) is 18.2 Å². The topological polar surface area (TPSA) is 54.5 Å². The first-order valence-corrected chi connectivity index (χ1v) is 7.36. The molecule has 1 aromatic rings. The maximum absolute atomic E-state index is 12.1. The third-order valence-electron chi connectivity index (χ3n) is 3.67. The van der Waals surface area contributed by atoms with Crippen molar-refractivity contribution in [3.63, 3.8) is 0 Å². The van der Waals surface area contributed by atoms with Crippen LogP contribution in [0.3, 0.4) is 0 Å². The molecule has 0 radical (unpaired) electrons. The van der Waals surface area contributed by atoms with Crippen molar-refractivity contribution < 1.29 is 9.53 Å². The smallest absolute Gasteiger partial charge is 0.317 e. The van der Waals surface area contributed by atoms with Gasteiger partial charge in [0, 0.05) is 31.3 Å². The number of hydrogen-bond acceptors (Lipinski definition) is 3. The van der Waals surface area contributed by atoms with Gasteiger partial charge in [-0.3, -0.25) is 0 Å². The van der Waals surface area contributed by atoms with Crippen molar-refractivity contribution in [2.45, 2.75) is 45.3 Å². The number of likely N-dealkylation sites (tertiary alicyclic amines) is 1. The summed E-state index contributed by atoms with van der Waals surface area (Å²) in [7, 11) is 0. The Morgan fingerprint density at radius 1 is 1.50 bits per heavy atom. The summed E-state index contributed by atoms with van der Waals surface area (Å²) < 4.78 is 5.78. The third kappa shape index (κ3) is 3.85. The zero-order valence-electron chi connectivity index (χ0n) is 12.2. The van der Waals surface area contributed by atoms with Crippen LogP contribution in [-0.2, 0) is 0 Å². The van der Waals surface area contributed by atoms with Gasteiger partial charge in [-0.05, 0) is 18.9 Å². The van der Waals surface area contributed by atoms with Gasteiger partial charge in [0.1, 0.15) is 6.10 Å². The molecule has 2 amide bonds. The minimum absolute atomic E-state index is 0.0193. The van der Waals surface area contributed by atoms with Gasteiger partial charge in [0.25, 0.3) is 0 Å². The lowest BCUT2D eigenvalue weighted by atomic mass is 10.2. The number of carbonyl (C=O) groups is 1. The average molecular weight is 277 g/mol. The van der Waals surface area contributed by atoms with Crippen LogP contribution >= 0.6 is 0 Å². The second kappa shape index (κ2) is 7.12. The predicted molar refractivity (Wildman–Crippen MR) is 77.7 cm³/mol. The number of ether oxygens (including phenoxy) is 1. The van der Waals surface area contributed by atoms with Crippen LogP contribution in [0, 0.1) is 0 Å². The lowest BCUT2D eigenvalue weighted by Crippen LogP contribution is -2.44. The summed E-state index contributed by atoms with van der Waals surface area (Å²) in [6, 6.07) is 5.88. The zero-order valence-corrected chi connectivity index (χ0v) is 12.2. The second-order valence-electron chi connectivity index (χ2n) is 5.11. The van der Waals surface area contributed by atoms with E-state index in [0.29, 0.717) is 12.4 Å². The normalized spacial score (nSPS) is 18.4. The number of pyridine rings is 1. The molecule has 0 aromatic carbocycles. The molecule has 110 valence electrons. The molecular formula is C15H23N3O2. The Balaban J connectivity index is 1.81. The minimum Gasteiger partial charge on any atom is -0.472 e. The standard InChI is InChI=1S/C15H23N3O2/c1-3-12(4-2)17-15(19)18-10-8-13(11-18)20-14-7-5-6-9-16-14/h5-7,9,12-13H,3-4,8,10-11H2,1-2H3,(H,17,19). The monoisotopic (exact) mass is 277 g/mol. The molecule has 0 bridgehead atoms. The van der Waals surface area contributed by atoms with E-state index in [2.05, 4.69) is 24.1 Å². The van der Waals surface area contributed by atoms with Gasteiger partial charge < -0.3 is 15.0 Å². The van der Waals surface area contributed by atoms with Crippen molar-refractivity contribution in [1.82, 2.24) is 15.2 Å². The summed E-state index contributed by atoms with van der Waals surface area (Å²) in [4.78, 5) is 18.1. The van der Waals surface area contributed by atoms with Gasteiger partial charge in [0.2, 0.25) is 5.88 Å². The molecule has 1 aliphatic rings. The van der Waals surface area contributed by atoms with Gasteiger partial charge in [0.15, 0.2) is 0 Å². The van der Waals surface area contributed by atoms with Gasteiger partial charge in [-0.25, -0.2) is 9.78 Å². The van der Waals surface area contributed by atoms with E-state index in [9.17, 15) is 4.79 Å². The highest BCUT2D eigenvalue weighted by atomic mass is 16.5. The number of hydrogen-bond donors (Lipinski definition) is 1. The van der Waals surface area contributed by atoms with E-state index in [4.69, 9.17) is 4.74 Å². The number of amides is 2. The summed E-state index contributed by atoms with van der Waals surface area (Å²) in [5, 5.41) is 3.06. The number of urea groups is 1. The van der Waals surface area contributed by atoms with Crippen molar-refractivity contribution >= 4 is 6.03 Å². The predicted octanol–water partition coefficient (Wildman–Crippen LogP) is 2.43. The molecule has 1 aromatic heterocycles. The van der Waals surface area contributed by atoms with Crippen LogP contribution in [-0.4, -0.2) is 41.2 Å².